The molecule has 2 amide bonds. The molecule has 0 aliphatic rings. The van der Waals surface area contributed by atoms with Crippen molar-refractivity contribution in [3.8, 4) is 0 Å². The number of ketones is 1. The fraction of sp³-hybridized carbons (Fsp3) is 0.240. The van der Waals surface area contributed by atoms with Crippen molar-refractivity contribution < 1.29 is 60.2 Å². The summed E-state index contributed by atoms with van der Waals surface area (Å²) in [5.74, 6) is -2.66. The van der Waals surface area contributed by atoms with Gasteiger partial charge in [-0.05, 0) is 87.7 Å². The van der Waals surface area contributed by atoms with Gasteiger partial charge in [0.25, 0.3) is 11.8 Å². The van der Waals surface area contributed by atoms with Crippen LogP contribution in [0.25, 0.3) is 0 Å². The summed E-state index contributed by atoms with van der Waals surface area (Å²) in [4.78, 5) is 64.1. The number of amides is 2. The number of nitrogens with one attached hydrogen (secondary N) is 1. The molecule has 26 heteroatoms. The number of methoxy groups -OCH3 is 1. The molecule has 0 spiro atoms. The molecular formula is C50H47BrCl6F6N6O7. The largest absolute Gasteiger partial charge is 0.478 e. The van der Waals surface area contributed by atoms with Crippen molar-refractivity contribution in [2.45, 2.75) is 40.3 Å². The highest BCUT2D eigenvalue weighted by Gasteiger charge is 2.34. The molecule has 76 heavy (non-hydrogen) atoms. The van der Waals surface area contributed by atoms with Crippen LogP contribution < -0.4 is 10.2 Å². The van der Waals surface area contributed by atoms with Crippen LogP contribution in [0.4, 0.5) is 37.7 Å². The number of alkyl halides is 6. The van der Waals surface area contributed by atoms with Gasteiger partial charge in [-0.25, -0.2) is 19.8 Å². The Hall–Kier alpha value is -5.42. The van der Waals surface area contributed by atoms with E-state index in [1.165, 1.54) is 81.0 Å². The Morgan fingerprint density at radius 1 is 0.671 bits per heavy atom. The third kappa shape index (κ3) is 17.8. The summed E-state index contributed by atoms with van der Waals surface area (Å²) in [6, 6.07) is 18.9. The molecule has 0 bridgehead atoms. The molecule has 6 aromatic rings. The monoisotopic (exact) mass is 1250 g/mol. The quantitative estimate of drug-likeness (QED) is 0.0352. The number of aromatic carboxylic acids is 1. The van der Waals surface area contributed by atoms with Crippen LogP contribution in [0.1, 0.15) is 84.2 Å². The molecule has 6 rings (SSSR count). The number of aromatic nitrogens is 2. The minimum absolute atomic E-state index is 0. The standard InChI is InChI=1S/C21H12Cl3F3N2O3.C15H12BrCl2F3N2O.C12H15ClN2O3.2CH4/c22-11-7-16(28-8-10-4-5-15(23)14(6-10)21(25,26)27)18(29-9-11)19(30)12-2-1-3-13(17(12)24)20(31)32;1-24-8-23(13-5-10(17)6-22-14(13)16)7-9-2-3-12(18)11(4-9)15(19,20)21;1-14(2)11(16)8-6-5-7-9(10(8)13)12(17)15(3)18-4;;/h1-7,9,28H,8H2,(H,31,32);2-6H,7-8H2,1H3;5-7H,1-4H3;2*1H4. The molecule has 0 aliphatic carbocycles. The smallest absolute Gasteiger partial charge is 0.417 e. The Kier molecular flexibility index (Phi) is 25.8. The lowest BCUT2D eigenvalue weighted by atomic mass is 10.0. The molecule has 0 radical (unpaired) electrons. The lowest BCUT2D eigenvalue weighted by Gasteiger charge is -2.25. The zero-order valence-corrected chi connectivity index (χ0v) is 45.0. The van der Waals surface area contributed by atoms with E-state index in [0.29, 0.717) is 20.9 Å². The number of ether oxygens (including phenoxy) is 1. The van der Waals surface area contributed by atoms with Gasteiger partial charge in [-0.3, -0.25) is 19.2 Å². The molecule has 0 aliphatic heterocycles. The maximum Gasteiger partial charge on any atom is 0.417 e. The second-order valence-corrected chi connectivity index (χ2v) is 18.5. The summed E-state index contributed by atoms with van der Waals surface area (Å²) >= 11 is 38.7. The second-order valence-electron chi connectivity index (χ2n) is 15.3. The molecular weight excluding hydrogens is 1200 g/mol. The minimum atomic E-state index is -4.63. The van der Waals surface area contributed by atoms with Gasteiger partial charge in [0.15, 0.2) is 0 Å². The average molecular weight is 1250 g/mol. The van der Waals surface area contributed by atoms with Gasteiger partial charge in [-0.2, -0.15) is 26.3 Å². The fourth-order valence-electron chi connectivity index (χ4n) is 6.31. The number of nitrogens with zero attached hydrogens (tertiary/aromatic N) is 5. The summed E-state index contributed by atoms with van der Waals surface area (Å²) in [6.45, 7) is 0.199. The zero-order chi connectivity index (χ0) is 55.4. The maximum atomic E-state index is 13.1. The van der Waals surface area contributed by atoms with Gasteiger partial charge in [-0.1, -0.05) is 109 Å². The number of hydroxylamine groups is 2. The number of hydrogen-bond acceptors (Lipinski definition) is 10. The summed E-state index contributed by atoms with van der Waals surface area (Å²) < 4.78 is 83.9. The maximum absolute atomic E-state index is 13.1. The van der Waals surface area contributed by atoms with Gasteiger partial charge in [0, 0.05) is 59.3 Å². The van der Waals surface area contributed by atoms with Crippen molar-refractivity contribution in [3.63, 3.8) is 0 Å². The number of anilines is 2. The summed E-state index contributed by atoms with van der Waals surface area (Å²) in [7, 11) is 7.57. The number of rotatable bonds is 14. The second kappa shape index (κ2) is 29.4. The van der Waals surface area contributed by atoms with Crippen molar-refractivity contribution >= 4 is 120 Å². The number of carboxylic acid groups (broad SMARTS) is 1. The van der Waals surface area contributed by atoms with Crippen LogP contribution in [0.15, 0.2) is 102 Å². The lowest BCUT2D eigenvalue weighted by Crippen LogP contribution is -2.27. The molecule has 2 aromatic heterocycles. The number of carbonyl (C=O) groups excluding carboxylic acids is 3. The number of pyridine rings is 2. The Labute approximate surface area is 472 Å². The van der Waals surface area contributed by atoms with Crippen molar-refractivity contribution in [3.05, 3.63) is 182 Å². The number of carboxylic acids is 1. The van der Waals surface area contributed by atoms with Gasteiger partial charge in [0.05, 0.1) is 76.4 Å². The van der Waals surface area contributed by atoms with Crippen LogP contribution in [0.5, 0.6) is 0 Å². The van der Waals surface area contributed by atoms with E-state index in [1.54, 1.807) is 43.3 Å². The van der Waals surface area contributed by atoms with Gasteiger partial charge in [0.2, 0.25) is 5.78 Å². The Morgan fingerprint density at radius 3 is 1.68 bits per heavy atom. The Morgan fingerprint density at radius 2 is 1.16 bits per heavy atom. The normalized spacial score (nSPS) is 10.8. The molecule has 13 nitrogen and oxygen atoms in total. The molecule has 2 heterocycles. The van der Waals surface area contributed by atoms with Crippen LogP contribution in [0, 0.1) is 0 Å². The van der Waals surface area contributed by atoms with Crippen LogP contribution >= 0.6 is 85.5 Å². The van der Waals surface area contributed by atoms with Crippen LogP contribution in [-0.2, 0) is 35.0 Å². The average Bonchev–Trinajstić information content (AvgIpc) is 3.33. The lowest BCUT2D eigenvalue weighted by molar-refractivity contribution is -0.138. The van der Waals surface area contributed by atoms with E-state index in [1.807, 2.05) is 0 Å². The molecule has 4 aromatic carbocycles. The number of hydrogen-bond donors (Lipinski definition) is 2. The van der Waals surface area contributed by atoms with Gasteiger partial charge < -0.3 is 25.0 Å². The molecule has 0 saturated carbocycles. The van der Waals surface area contributed by atoms with Crippen molar-refractivity contribution in [2.24, 2.45) is 0 Å². The predicted octanol–water partition coefficient (Wildman–Crippen LogP) is 15.3. The van der Waals surface area contributed by atoms with Gasteiger partial charge in [-0.15, -0.1) is 0 Å². The highest BCUT2D eigenvalue weighted by molar-refractivity contribution is 9.10. The van der Waals surface area contributed by atoms with E-state index in [2.05, 4.69) is 31.2 Å². The molecule has 2 N–H and O–H groups in total. The van der Waals surface area contributed by atoms with E-state index < -0.39 is 46.2 Å². The molecule has 0 unspecified atom stereocenters. The molecule has 0 atom stereocenters. The third-order valence-electron chi connectivity index (χ3n) is 9.91. The first-order valence-corrected chi connectivity index (χ1v) is 23.7. The van der Waals surface area contributed by atoms with Gasteiger partial charge in [0.1, 0.15) is 17.0 Å². The topological polar surface area (TPSA) is 155 Å². The molecule has 0 saturated heterocycles. The van der Waals surface area contributed by atoms with E-state index in [0.717, 1.165) is 23.3 Å². The Bertz CT molecular complexity index is 3030. The first-order valence-electron chi connectivity index (χ1n) is 20.6. The molecule has 0 fully saturated rings. The SMILES string of the molecule is C.C.COCN(Cc1ccc(Cl)c(C(F)(F)F)c1)c1cc(Cl)cnc1Br.CON(C)C(=O)c1cccc(C(=O)N(C)C)c1Cl.O=C(O)c1cccc(C(=O)c2ncc(Cl)cc2NCc2ccc(Cl)c(C(F)(F)F)c2)c1Cl. The molecule has 410 valence electrons. The highest BCUT2D eigenvalue weighted by atomic mass is 79.9. The number of carbonyl (C=O) groups is 4. The first kappa shape index (κ1) is 66.7. The number of benzene rings is 4. The summed E-state index contributed by atoms with van der Waals surface area (Å²) in [5.41, 5.74) is -0.442. The van der Waals surface area contributed by atoms with E-state index in [9.17, 15) is 50.6 Å². The van der Waals surface area contributed by atoms with Crippen LogP contribution in [0.3, 0.4) is 0 Å². The van der Waals surface area contributed by atoms with Crippen molar-refractivity contribution in [2.75, 3.05) is 52.3 Å². The zero-order valence-electron chi connectivity index (χ0n) is 38.9. The Balaban J connectivity index is 0.000000401. The fourth-order valence-corrected chi connectivity index (χ4v) is 8.11. The summed E-state index contributed by atoms with van der Waals surface area (Å²) in [5, 5.41) is 12.8. The van der Waals surface area contributed by atoms with Crippen LogP contribution in [0.2, 0.25) is 30.1 Å². The number of halogens is 13. The minimum Gasteiger partial charge on any atom is -0.478 e. The van der Waals surface area contributed by atoms with E-state index in [-0.39, 0.29) is 99.9 Å². The first-order chi connectivity index (χ1) is 34.6. The van der Waals surface area contributed by atoms with Crippen molar-refractivity contribution in [1.82, 2.24) is 19.9 Å². The predicted molar refractivity (Wildman–Crippen MR) is 288 cm³/mol. The summed E-state index contributed by atoms with van der Waals surface area (Å²) in [6.07, 6.45) is -6.47. The highest BCUT2D eigenvalue weighted by Crippen LogP contribution is 2.38. The van der Waals surface area contributed by atoms with Crippen molar-refractivity contribution in [1.29, 1.82) is 0 Å². The van der Waals surface area contributed by atoms with Crippen LogP contribution in [-0.4, -0.2) is 90.7 Å². The third-order valence-corrected chi connectivity index (χ3v) is 12.4. The van der Waals surface area contributed by atoms with Gasteiger partial charge >= 0.3 is 18.3 Å². The van der Waals surface area contributed by atoms with E-state index in [4.69, 9.17) is 79.2 Å². The van der Waals surface area contributed by atoms with E-state index >= 15 is 0 Å².